The molecule has 144 valence electrons. The molecule has 0 radical (unpaired) electrons. The van der Waals surface area contributed by atoms with Gasteiger partial charge < -0.3 is 14.8 Å². The number of thiazole rings is 1. The summed E-state index contributed by atoms with van der Waals surface area (Å²) in [6.45, 7) is 3.93. The van der Waals surface area contributed by atoms with E-state index in [-0.39, 0.29) is 36.9 Å². The van der Waals surface area contributed by atoms with Gasteiger partial charge in [-0.2, -0.15) is 0 Å². The zero-order chi connectivity index (χ0) is 19.8. The summed E-state index contributed by atoms with van der Waals surface area (Å²) in [4.78, 5) is 40.1. The van der Waals surface area contributed by atoms with E-state index in [9.17, 15) is 14.4 Å². The van der Waals surface area contributed by atoms with Gasteiger partial charge in [-0.3, -0.25) is 14.4 Å². The first-order chi connectivity index (χ1) is 12.9. The van der Waals surface area contributed by atoms with Gasteiger partial charge in [-0.05, 0) is 26.0 Å². The van der Waals surface area contributed by atoms with E-state index >= 15 is 0 Å². The summed E-state index contributed by atoms with van der Waals surface area (Å²) in [5.74, 6) is -0.340. The van der Waals surface area contributed by atoms with Crippen molar-refractivity contribution in [2.75, 3.05) is 19.0 Å². The number of hydrogen-bond donors (Lipinski definition) is 1. The molecular formula is C19H22N2O5S. The van der Waals surface area contributed by atoms with Crippen molar-refractivity contribution in [1.29, 1.82) is 0 Å². The van der Waals surface area contributed by atoms with Crippen LogP contribution in [-0.2, 0) is 20.7 Å². The number of rotatable bonds is 9. The number of hydrogen-bond acceptors (Lipinski definition) is 7. The number of nitrogens with zero attached hydrogens (tertiary/aromatic N) is 1. The molecule has 0 spiro atoms. The largest absolute Gasteiger partial charge is 0.496 e. The fourth-order valence-electron chi connectivity index (χ4n) is 2.39. The molecule has 27 heavy (non-hydrogen) atoms. The number of Topliss-reactive ketones (excluding diaryl/α,β-unsaturated/α-hetero) is 1. The van der Waals surface area contributed by atoms with Crippen molar-refractivity contribution in [2.24, 2.45) is 0 Å². The molecule has 0 aliphatic heterocycles. The molecule has 0 unspecified atom stereocenters. The Morgan fingerprint density at radius 1 is 1.22 bits per heavy atom. The zero-order valence-electron chi connectivity index (χ0n) is 15.5. The topological polar surface area (TPSA) is 94.6 Å². The number of anilines is 1. The Labute approximate surface area is 161 Å². The van der Waals surface area contributed by atoms with Gasteiger partial charge in [-0.25, -0.2) is 4.98 Å². The second-order valence-electron chi connectivity index (χ2n) is 5.80. The van der Waals surface area contributed by atoms with E-state index in [1.54, 1.807) is 24.4 Å². The third-order valence-corrected chi connectivity index (χ3v) is 4.47. The Balaban J connectivity index is 1.88. The standard InChI is InChI=1S/C19H22N2O5S/c1-4-26-18(24)10-13-11-27-19(20-13)21-17(23)8-6-15(22)14-9-12(2)5-7-16(14)25-3/h5,7,9,11H,4,6,8,10H2,1-3H3,(H,20,21,23). The van der Waals surface area contributed by atoms with Crippen LogP contribution in [0.5, 0.6) is 5.75 Å². The Morgan fingerprint density at radius 2 is 2.00 bits per heavy atom. The van der Waals surface area contributed by atoms with Crippen LogP contribution in [0.3, 0.4) is 0 Å². The Kier molecular flexibility index (Phi) is 7.48. The Bertz CT molecular complexity index is 831. The van der Waals surface area contributed by atoms with Crippen LogP contribution in [0, 0.1) is 6.92 Å². The number of amides is 1. The van der Waals surface area contributed by atoms with E-state index in [0.29, 0.717) is 28.7 Å². The summed E-state index contributed by atoms with van der Waals surface area (Å²) >= 11 is 1.22. The van der Waals surface area contributed by atoms with Crippen molar-refractivity contribution >= 4 is 34.1 Å². The first-order valence-corrected chi connectivity index (χ1v) is 9.38. The second kappa shape index (κ2) is 9.82. The third-order valence-electron chi connectivity index (χ3n) is 3.66. The van der Waals surface area contributed by atoms with E-state index in [4.69, 9.17) is 9.47 Å². The molecule has 0 aliphatic carbocycles. The van der Waals surface area contributed by atoms with Crippen LogP contribution in [0.2, 0.25) is 0 Å². The molecule has 0 aliphatic rings. The highest BCUT2D eigenvalue weighted by atomic mass is 32.1. The van der Waals surface area contributed by atoms with Crippen molar-refractivity contribution < 1.29 is 23.9 Å². The van der Waals surface area contributed by atoms with E-state index in [1.165, 1.54) is 18.4 Å². The van der Waals surface area contributed by atoms with Gasteiger partial charge in [0.15, 0.2) is 10.9 Å². The van der Waals surface area contributed by atoms with Gasteiger partial charge in [0, 0.05) is 18.2 Å². The normalized spacial score (nSPS) is 10.3. The van der Waals surface area contributed by atoms with Crippen LogP contribution in [0.25, 0.3) is 0 Å². The van der Waals surface area contributed by atoms with E-state index < -0.39 is 0 Å². The van der Waals surface area contributed by atoms with Gasteiger partial charge in [-0.1, -0.05) is 11.6 Å². The Morgan fingerprint density at radius 3 is 2.70 bits per heavy atom. The van der Waals surface area contributed by atoms with Crippen molar-refractivity contribution in [3.8, 4) is 5.75 Å². The molecule has 0 saturated heterocycles. The van der Waals surface area contributed by atoms with Gasteiger partial charge in [0.1, 0.15) is 5.75 Å². The lowest BCUT2D eigenvalue weighted by molar-refractivity contribution is -0.142. The molecule has 0 saturated carbocycles. The second-order valence-corrected chi connectivity index (χ2v) is 6.66. The summed E-state index contributed by atoms with van der Waals surface area (Å²) < 4.78 is 10.1. The first kappa shape index (κ1) is 20.6. The maximum atomic E-state index is 12.4. The molecular weight excluding hydrogens is 368 g/mol. The highest BCUT2D eigenvalue weighted by Gasteiger charge is 2.15. The van der Waals surface area contributed by atoms with Gasteiger partial charge in [0.05, 0.1) is 31.4 Å². The SMILES string of the molecule is CCOC(=O)Cc1csc(NC(=O)CCC(=O)c2cc(C)ccc2OC)n1. The maximum Gasteiger partial charge on any atom is 0.311 e. The average molecular weight is 390 g/mol. The number of nitrogens with one attached hydrogen (secondary N) is 1. The predicted molar refractivity (Wildman–Crippen MR) is 102 cm³/mol. The van der Waals surface area contributed by atoms with E-state index in [1.807, 2.05) is 13.0 Å². The first-order valence-electron chi connectivity index (χ1n) is 8.50. The minimum absolute atomic E-state index is 0.0305. The van der Waals surface area contributed by atoms with Crippen molar-refractivity contribution in [3.05, 3.63) is 40.4 Å². The van der Waals surface area contributed by atoms with Crippen LogP contribution in [0.1, 0.15) is 41.4 Å². The molecule has 1 N–H and O–H groups in total. The monoisotopic (exact) mass is 390 g/mol. The summed E-state index contributed by atoms with van der Waals surface area (Å²) in [5, 5.41) is 4.73. The number of carbonyl (C=O) groups excluding carboxylic acids is 3. The molecule has 0 fully saturated rings. The van der Waals surface area contributed by atoms with Crippen LogP contribution in [0.4, 0.5) is 5.13 Å². The molecule has 1 amide bonds. The minimum atomic E-state index is -0.363. The number of esters is 1. The molecule has 1 heterocycles. The van der Waals surface area contributed by atoms with Crippen molar-refractivity contribution in [3.63, 3.8) is 0 Å². The number of methoxy groups -OCH3 is 1. The number of ketones is 1. The third kappa shape index (κ3) is 6.18. The average Bonchev–Trinajstić information content (AvgIpc) is 3.06. The van der Waals surface area contributed by atoms with Gasteiger partial charge in [-0.15, -0.1) is 11.3 Å². The number of aryl methyl sites for hydroxylation is 1. The molecule has 1 aromatic carbocycles. The molecule has 2 rings (SSSR count). The maximum absolute atomic E-state index is 12.4. The zero-order valence-corrected chi connectivity index (χ0v) is 16.4. The molecule has 1 aromatic heterocycles. The molecule has 7 nitrogen and oxygen atoms in total. The van der Waals surface area contributed by atoms with Gasteiger partial charge in [0.25, 0.3) is 0 Å². The number of ether oxygens (including phenoxy) is 2. The van der Waals surface area contributed by atoms with Gasteiger partial charge in [0.2, 0.25) is 5.91 Å². The highest BCUT2D eigenvalue weighted by molar-refractivity contribution is 7.13. The number of carbonyl (C=O) groups is 3. The summed E-state index contributed by atoms with van der Waals surface area (Å²) in [6.07, 6.45) is 0.154. The smallest absolute Gasteiger partial charge is 0.311 e. The van der Waals surface area contributed by atoms with Crippen LogP contribution in [0.15, 0.2) is 23.6 Å². The number of aromatic nitrogens is 1. The van der Waals surface area contributed by atoms with Gasteiger partial charge >= 0.3 is 5.97 Å². The quantitative estimate of drug-likeness (QED) is 0.522. The minimum Gasteiger partial charge on any atom is -0.496 e. The highest BCUT2D eigenvalue weighted by Crippen LogP contribution is 2.22. The summed E-state index contributed by atoms with van der Waals surface area (Å²) in [5.41, 5.74) is 1.95. The number of benzene rings is 1. The molecule has 2 aromatic rings. The lowest BCUT2D eigenvalue weighted by Gasteiger charge is -2.08. The van der Waals surface area contributed by atoms with Crippen molar-refractivity contribution in [2.45, 2.75) is 33.1 Å². The molecule has 8 heteroatoms. The van der Waals surface area contributed by atoms with Crippen LogP contribution in [-0.4, -0.2) is 36.4 Å². The fourth-order valence-corrected chi connectivity index (χ4v) is 3.12. The fraction of sp³-hybridized carbons (Fsp3) is 0.368. The predicted octanol–water partition coefficient (Wildman–Crippen LogP) is 3.17. The van der Waals surface area contributed by atoms with Crippen molar-refractivity contribution in [1.82, 2.24) is 4.98 Å². The lowest BCUT2D eigenvalue weighted by Crippen LogP contribution is -2.14. The summed E-state index contributed by atoms with van der Waals surface area (Å²) in [7, 11) is 1.50. The van der Waals surface area contributed by atoms with E-state index in [2.05, 4.69) is 10.3 Å². The summed E-state index contributed by atoms with van der Waals surface area (Å²) in [6, 6.07) is 5.35. The van der Waals surface area contributed by atoms with Crippen LogP contribution >= 0.6 is 11.3 Å². The molecule has 0 atom stereocenters. The van der Waals surface area contributed by atoms with E-state index in [0.717, 1.165) is 5.56 Å². The van der Waals surface area contributed by atoms with Crippen LogP contribution < -0.4 is 10.1 Å². The lowest BCUT2D eigenvalue weighted by atomic mass is 10.0. The Hall–Kier alpha value is -2.74. The molecule has 0 bridgehead atoms.